The van der Waals surface area contributed by atoms with Gasteiger partial charge in [0.25, 0.3) is 0 Å². The van der Waals surface area contributed by atoms with Gasteiger partial charge in [0.05, 0.1) is 6.10 Å². The standard InChI is InChI=1S/C16H30OSi/c1-12-10-14(11-16(6,7)13(12)2)17-18(8,9)15(3,4)5/h10,14H,2,11H2,1,3-9H3/t14-/m1/s1. The van der Waals surface area contributed by atoms with E-state index in [0.717, 1.165) is 6.42 Å². The summed E-state index contributed by atoms with van der Waals surface area (Å²) in [6.07, 6.45) is 3.58. The van der Waals surface area contributed by atoms with Gasteiger partial charge in [0.1, 0.15) is 0 Å². The summed E-state index contributed by atoms with van der Waals surface area (Å²) in [5.74, 6) is 0. The molecule has 0 aliphatic heterocycles. The smallest absolute Gasteiger partial charge is 0.192 e. The van der Waals surface area contributed by atoms with E-state index in [9.17, 15) is 0 Å². The lowest BCUT2D eigenvalue weighted by atomic mass is 9.73. The molecular weight excluding hydrogens is 236 g/mol. The Bertz CT molecular complexity index is 369. The molecule has 0 aromatic carbocycles. The van der Waals surface area contributed by atoms with Gasteiger partial charge in [-0.1, -0.05) is 47.3 Å². The molecule has 18 heavy (non-hydrogen) atoms. The predicted molar refractivity (Wildman–Crippen MR) is 83.4 cm³/mol. The molecule has 0 radical (unpaired) electrons. The summed E-state index contributed by atoms with van der Waals surface area (Å²) < 4.78 is 6.52. The molecule has 0 N–H and O–H groups in total. The first-order chi connectivity index (χ1) is 7.87. The monoisotopic (exact) mass is 266 g/mol. The van der Waals surface area contributed by atoms with E-state index in [-0.39, 0.29) is 16.6 Å². The van der Waals surface area contributed by atoms with Crippen molar-refractivity contribution in [1.82, 2.24) is 0 Å². The van der Waals surface area contributed by atoms with Gasteiger partial charge < -0.3 is 4.43 Å². The quantitative estimate of drug-likeness (QED) is 0.615. The normalized spacial score (nSPS) is 25.0. The van der Waals surface area contributed by atoms with Crippen LogP contribution in [0.15, 0.2) is 23.8 Å². The van der Waals surface area contributed by atoms with E-state index in [1.807, 2.05) is 0 Å². The Morgan fingerprint density at radius 2 is 1.83 bits per heavy atom. The minimum atomic E-state index is -1.68. The van der Waals surface area contributed by atoms with Crippen LogP contribution in [-0.4, -0.2) is 14.4 Å². The van der Waals surface area contributed by atoms with Crippen LogP contribution < -0.4 is 0 Å². The predicted octanol–water partition coefficient (Wildman–Crippen LogP) is 5.31. The van der Waals surface area contributed by atoms with Gasteiger partial charge in [0.15, 0.2) is 8.32 Å². The Morgan fingerprint density at radius 3 is 2.22 bits per heavy atom. The summed E-state index contributed by atoms with van der Waals surface area (Å²) in [7, 11) is -1.68. The maximum Gasteiger partial charge on any atom is 0.192 e. The van der Waals surface area contributed by atoms with Gasteiger partial charge >= 0.3 is 0 Å². The molecule has 0 fully saturated rings. The molecule has 1 rings (SSSR count). The van der Waals surface area contributed by atoms with Crippen LogP contribution >= 0.6 is 0 Å². The molecule has 2 heteroatoms. The molecule has 0 unspecified atom stereocenters. The summed E-state index contributed by atoms with van der Waals surface area (Å²) in [5, 5.41) is 0.271. The van der Waals surface area contributed by atoms with Gasteiger partial charge in [-0.15, -0.1) is 0 Å². The van der Waals surface area contributed by atoms with Crippen molar-refractivity contribution in [3.63, 3.8) is 0 Å². The molecule has 0 amide bonds. The van der Waals surface area contributed by atoms with Crippen LogP contribution in [0.25, 0.3) is 0 Å². The molecule has 1 aliphatic carbocycles. The average Bonchev–Trinajstić information content (AvgIpc) is 2.10. The van der Waals surface area contributed by atoms with E-state index in [2.05, 4.69) is 67.3 Å². The third-order valence-corrected chi connectivity index (χ3v) is 9.20. The zero-order chi connectivity index (χ0) is 14.4. The first-order valence-electron chi connectivity index (χ1n) is 6.93. The lowest BCUT2D eigenvalue weighted by Crippen LogP contribution is -2.45. The third kappa shape index (κ3) is 3.15. The van der Waals surface area contributed by atoms with Gasteiger partial charge in [0, 0.05) is 0 Å². The molecule has 1 aliphatic rings. The van der Waals surface area contributed by atoms with Gasteiger partial charge in [-0.2, -0.15) is 0 Å². The highest BCUT2D eigenvalue weighted by atomic mass is 28.4. The highest BCUT2D eigenvalue weighted by Gasteiger charge is 2.41. The summed E-state index contributed by atoms with van der Waals surface area (Å²) in [5.41, 5.74) is 2.72. The van der Waals surface area contributed by atoms with Gasteiger partial charge in [-0.05, 0) is 48.0 Å². The fraction of sp³-hybridized carbons (Fsp3) is 0.750. The van der Waals surface area contributed by atoms with Gasteiger partial charge in [-0.3, -0.25) is 0 Å². The average molecular weight is 267 g/mol. The second-order valence-electron chi connectivity index (χ2n) is 7.83. The van der Waals surface area contributed by atoms with E-state index in [0.29, 0.717) is 0 Å². The van der Waals surface area contributed by atoms with Crippen LogP contribution in [0.4, 0.5) is 0 Å². The lowest BCUT2D eigenvalue weighted by Gasteiger charge is -2.43. The van der Waals surface area contributed by atoms with Gasteiger partial charge in [0.2, 0.25) is 0 Å². The van der Waals surface area contributed by atoms with Crippen LogP contribution in [-0.2, 0) is 4.43 Å². The third-order valence-electron chi connectivity index (χ3n) is 4.69. The minimum absolute atomic E-state index is 0.159. The molecule has 104 valence electrons. The number of rotatable bonds is 2. The first-order valence-corrected chi connectivity index (χ1v) is 9.84. The Labute approximate surface area is 114 Å². The van der Waals surface area contributed by atoms with Crippen molar-refractivity contribution in [3.8, 4) is 0 Å². The molecule has 0 spiro atoms. The zero-order valence-electron chi connectivity index (χ0n) is 13.5. The molecule has 1 atom stereocenters. The molecule has 0 heterocycles. The highest BCUT2D eigenvalue weighted by Crippen LogP contribution is 2.43. The molecule has 0 aromatic rings. The van der Waals surface area contributed by atoms with E-state index < -0.39 is 8.32 Å². The molecule has 0 aromatic heterocycles. The summed E-state index contributed by atoms with van der Waals surface area (Å²) in [4.78, 5) is 0. The Kier molecular flexibility index (Phi) is 4.05. The Balaban J connectivity index is 2.91. The Hall–Kier alpha value is -0.343. The zero-order valence-corrected chi connectivity index (χ0v) is 14.5. The van der Waals surface area contributed by atoms with Crippen molar-refractivity contribution in [1.29, 1.82) is 0 Å². The molecular formula is C16H30OSi. The van der Waals surface area contributed by atoms with Gasteiger partial charge in [-0.25, -0.2) is 0 Å². The van der Waals surface area contributed by atoms with Crippen LogP contribution in [0.3, 0.4) is 0 Å². The van der Waals surface area contributed by atoms with Crippen molar-refractivity contribution in [3.05, 3.63) is 23.8 Å². The highest BCUT2D eigenvalue weighted by molar-refractivity contribution is 6.74. The molecule has 0 saturated carbocycles. The van der Waals surface area contributed by atoms with E-state index in [4.69, 9.17) is 4.43 Å². The number of hydrogen-bond donors (Lipinski definition) is 0. The summed E-state index contributed by atoms with van der Waals surface area (Å²) >= 11 is 0. The minimum Gasteiger partial charge on any atom is -0.411 e. The second kappa shape index (κ2) is 4.64. The maximum absolute atomic E-state index is 6.52. The maximum atomic E-state index is 6.52. The SMILES string of the molecule is C=C1C(C)=C[C@@H](O[Si](C)(C)C(C)(C)C)CC1(C)C. The Morgan fingerprint density at radius 1 is 1.33 bits per heavy atom. The molecule has 0 saturated heterocycles. The first kappa shape index (κ1) is 15.7. The van der Waals surface area contributed by atoms with E-state index >= 15 is 0 Å². The fourth-order valence-corrected chi connectivity index (χ4v) is 3.49. The van der Waals surface area contributed by atoms with Crippen molar-refractivity contribution < 1.29 is 4.43 Å². The van der Waals surface area contributed by atoms with E-state index in [1.54, 1.807) is 0 Å². The number of hydrogen-bond acceptors (Lipinski definition) is 1. The summed E-state index contributed by atoms with van der Waals surface area (Å²) in [6, 6.07) is 0. The fourth-order valence-electron chi connectivity index (χ4n) is 2.23. The van der Waals surface area contributed by atoms with E-state index in [1.165, 1.54) is 11.1 Å². The van der Waals surface area contributed by atoms with Crippen molar-refractivity contribution in [2.75, 3.05) is 0 Å². The van der Waals surface area contributed by atoms with Crippen molar-refractivity contribution in [2.45, 2.75) is 72.2 Å². The largest absolute Gasteiger partial charge is 0.411 e. The van der Waals surface area contributed by atoms with Crippen LogP contribution in [0, 0.1) is 5.41 Å². The van der Waals surface area contributed by atoms with Crippen molar-refractivity contribution >= 4 is 8.32 Å². The molecule has 1 nitrogen and oxygen atoms in total. The molecule has 0 bridgehead atoms. The van der Waals surface area contributed by atoms with Crippen LogP contribution in [0.1, 0.15) is 48.0 Å². The van der Waals surface area contributed by atoms with Crippen LogP contribution in [0.2, 0.25) is 18.1 Å². The second-order valence-corrected chi connectivity index (χ2v) is 12.6. The number of allylic oxidation sites excluding steroid dienone is 2. The van der Waals surface area contributed by atoms with Crippen LogP contribution in [0.5, 0.6) is 0 Å². The lowest BCUT2D eigenvalue weighted by molar-refractivity contribution is 0.167. The topological polar surface area (TPSA) is 9.23 Å². The summed E-state index contributed by atoms with van der Waals surface area (Å²) in [6.45, 7) is 22.5. The van der Waals surface area contributed by atoms with Crippen molar-refractivity contribution in [2.24, 2.45) is 5.41 Å².